The van der Waals surface area contributed by atoms with Gasteiger partial charge in [0.25, 0.3) is 0 Å². The van der Waals surface area contributed by atoms with Crippen molar-refractivity contribution < 1.29 is 18.6 Å². The van der Waals surface area contributed by atoms with E-state index in [1.807, 2.05) is 20.8 Å². The van der Waals surface area contributed by atoms with Crippen molar-refractivity contribution in [2.24, 2.45) is 0 Å². The molecule has 0 fully saturated rings. The Morgan fingerprint density at radius 3 is 2.38 bits per heavy atom. The van der Waals surface area contributed by atoms with E-state index in [2.05, 4.69) is 0 Å². The van der Waals surface area contributed by atoms with E-state index in [9.17, 15) is 13.9 Å². The van der Waals surface area contributed by atoms with Gasteiger partial charge in [-0.3, -0.25) is 0 Å². The standard InChI is InChI=1S/C12H16F2O2/c1-12(2,3)16-7-11(15)8-4-5-9(13)10(14)6-8/h4-6,11,15H,7H2,1-3H3. The Morgan fingerprint density at radius 2 is 1.88 bits per heavy atom. The van der Waals surface area contributed by atoms with E-state index in [1.54, 1.807) is 0 Å². The fourth-order valence-corrected chi connectivity index (χ4v) is 1.14. The summed E-state index contributed by atoms with van der Waals surface area (Å²) in [7, 11) is 0. The highest BCUT2D eigenvalue weighted by Crippen LogP contribution is 2.18. The molecule has 1 rings (SSSR count). The Kier molecular flexibility index (Phi) is 3.99. The third-order valence-corrected chi connectivity index (χ3v) is 2.00. The molecule has 1 aromatic rings. The summed E-state index contributed by atoms with van der Waals surface area (Å²) in [4.78, 5) is 0. The summed E-state index contributed by atoms with van der Waals surface area (Å²) in [6, 6.07) is 3.31. The molecule has 90 valence electrons. The van der Waals surface area contributed by atoms with Crippen LogP contribution in [0, 0.1) is 11.6 Å². The van der Waals surface area contributed by atoms with Crippen molar-refractivity contribution in [3.63, 3.8) is 0 Å². The van der Waals surface area contributed by atoms with Gasteiger partial charge in [-0.1, -0.05) is 6.07 Å². The van der Waals surface area contributed by atoms with Gasteiger partial charge in [-0.25, -0.2) is 8.78 Å². The first kappa shape index (κ1) is 13.1. The summed E-state index contributed by atoms with van der Waals surface area (Å²) < 4.78 is 30.9. The van der Waals surface area contributed by atoms with Gasteiger partial charge in [-0.2, -0.15) is 0 Å². The van der Waals surface area contributed by atoms with Gasteiger partial charge in [-0.15, -0.1) is 0 Å². The molecule has 4 heteroatoms. The average Bonchev–Trinajstić information content (AvgIpc) is 2.17. The van der Waals surface area contributed by atoms with E-state index < -0.39 is 17.7 Å². The third-order valence-electron chi connectivity index (χ3n) is 2.00. The molecule has 16 heavy (non-hydrogen) atoms. The molecular formula is C12H16F2O2. The average molecular weight is 230 g/mol. The van der Waals surface area contributed by atoms with Crippen LogP contribution in [0.3, 0.4) is 0 Å². The topological polar surface area (TPSA) is 29.5 Å². The lowest BCUT2D eigenvalue weighted by Crippen LogP contribution is -2.22. The van der Waals surface area contributed by atoms with E-state index in [1.165, 1.54) is 6.07 Å². The molecule has 0 aliphatic heterocycles. The van der Waals surface area contributed by atoms with Gasteiger partial charge < -0.3 is 9.84 Å². The van der Waals surface area contributed by atoms with Crippen LogP contribution in [0.1, 0.15) is 32.4 Å². The minimum atomic E-state index is -0.965. The van der Waals surface area contributed by atoms with E-state index >= 15 is 0 Å². The second-order valence-electron chi connectivity index (χ2n) is 4.61. The van der Waals surface area contributed by atoms with Crippen LogP contribution in [-0.4, -0.2) is 17.3 Å². The summed E-state index contributed by atoms with van der Waals surface area (Å²) in [5.41, 5.74) is -0.0670. The summed E-state index contributed by atoms with van der Waals surface area (Å²) in [6.07, 6.45) is -0.950. The summed E-state index contributed by atoms with van der Waals surface area (Å²) in [5.74, 6) is -1.89. The lowest BCUT2D eigenvalue weighted by Gasteiger charge is -2.22. The molecule has 0 radical (unpaired) electrons. The van der Waals surface area contributed by atoms with Crippen molar-refractivity contribution in [2.75, 3.05) is 6.61 Å². The fourth-order valence-electron chi connectivity index (χ4n) is 1.14. The predicted octanol–water partition coefficient (Wildman–Crippen LogP) is 2.81. The molecule has 0 aliphatic carbocycles. The van der Waals surface area contributed by atoms with Gasteiger partial charge in [-0.05, 0) is 38.5 Å². The second-order valence-corrected chi connectivity index (χ2v) is 4.61. The monoisotopic (exact) mass is 230 g/mol. The maximum absolute atomic E-state index is 12.9. The van der Waals surface area contributed by atoms with Crippen LogP contribution < -0.4 is 0 Å². The molecule has 0 aromatic heterocycles. The van der Waals surface area contributed by atoms with Gasteiger partial charge in [0.05, 0.1) is 12.2 Å². The van der Waals surface area contributed by atoms with Crippen molar-refractivity contribution in [1.29, 1.82) is 0 Å². The third kappa shape index (κ3) is 3.87. The van der Waals surface area contributed by atoms with E-state index in [0.717, 1.165) is 12.1 Å². The number of ether oxygens (including phenoxy) is 1. The normalized spacial score (nSPS) is 13.9. The highest BCUT2D eigenvalue weighted by Gasteiger charge is 2.16. The first-order valence-electron chi connectivity index (χ1n) is 5.06. The zero-order valence-corrected chi connectivity index (χ0v) is 9.63. The summed E-state index contributed by atoms with van der Waals surface area (Å²) >= 11 is 0. The lowest BCUT2D eigenvalue weighted by atomic mass is 10.1. The zero-order valence-electron chi connectivity index (χ0n) is 9.63. The number of hydrogen-bond donors (Lipinski definition) is 1. The minimum absolute atomic E-state index is 0.0502. The minimum Gasteiger partial charge on any atom is -0.386 e. The van der Waals surface area contributed by atoms with Crippen molar-refractivity contribution >= 4 is 0 Å². The first-order chi connectivity index (χ1) is 7.29. The molecule has 0 aliphatic rings. The summed E-state index contributed by atoms with van der Waals surface area (Å²) in [6.45, 7) is 5.61. The van der Waals surface area contributed by atoms with Crippen molar-refractivity contribution in [1.82, 2.24) is 0 Å². The first-order valence-corrected chi connectivity index (χ1v) is 5.06. The number of rotatable bonds is 3. The number of hydrogen-bond acceptors (Lipinski definition) is 2. The molecular weight excluding hydrogens is 214 g/mol. The van der Waals surface area contributed by atoms with Crippen LogP contribution >= 0.6 is 0 Å². The van der Waals surface area contributed by atoms with Crippen LogP contribution in [0.4, 0.5) is 8.78 Å². The van der Waals surface area contributed by atoms with Crippen molar-refractivity contribution in [3.05, 3.63) is 35.4 Å². The van der Waals surface area contributed by atoms with Crippen molar-refractivity contribution in [2.45, 2.75) is 32.5 Å². The maximum Gasteiger partial charge on any atom is 0.159 e. The molecule has 1 N–H and O–H groups in total. The Morgan fingerprint density at radius 1 is 1.25 bits per heavy atom. The van der Waals surface area contributed by atoms with Crippen LogP contribution in [0.15, 0.2) is 18.2 Å². The van der Waals surface area contributed by atoms with Gasteiger partial charge >= 0.3 is 0 Å². The van der Waals surface area contributed by atoms with Gasteiger partial charge in [0.2, 0.25) is 0 Å². The van der Waals surface area contributed by atoms with Crippen molar-refractivity contribution in [3.8, 4) is 0 Å². The highest BCUT2D eigenvalue weighted by molar-refractivity contribution is 5.20. The lowest BCUT2D eigenvalue weighted by molar-refractivity contribution is -0.0497. The maximum atomic E-state index is 12.9. The molecule has 0 spiro atoms. The molecule has 0 saturated heterocycles. The zero-order chi connectivity index (χ0) is 12.3. The van der Waals surface area contributed by atoms with E-state index in [4.69, 9.17) is 4.74 Å². The van der Waals surface area contributed by atoms with Crippen LogP contribution in [-0.2, 0) is 4.74 Å². The Hall–Kier alpha value is -1.00. The van der Waals surface area contributed by atoms with Crippen LogP contribution in [0.2, 0.25) is 0 Å². The molecule has 0 saturated carbocycles. The van der Waals surface area contributed by atoms with Crippen LogP contribution in [0.25, 0.3) is 0 Å². The fraction of sp³-hybridized carbons (Fsp3) is 0.500. The summed E-state index contributed by atoms with van der Waals surface area (Å²) in [5, 5.41) is 9.69. The number of benzene rings is 1. The molecule has 0 amide bonds. The SMILES string of the molecule is CC(C)(C)OCC(O)c1ccc(F)c(F)c1. The number of aliphatic hydroxyl groups excluding tert-OH is 1. The Bertz CT molecular complexity index is 359. The van der Waals surface area contributed by atoms with E-state index in [0.29, 0.717) is 5.56 Å². The largest absolute Gasteiger partial charge is 0.386 e. The molecule has 1 aromatic carbocycles. The molecule has 2 nitrogen and oxygen atoms in total. The molecule has 0 bridgehead atoms. The molecule has 1 atom stereocenters. The predicted molar refractivity (Wildman–Crippen MR) is 57.0 cm³/mol. The molecule has 0 heterocycles. The van der Waals surface area contributed by atoms with Gasteiger partial charge in [0.1, 0.15) is 6.10 Å². The number of aliphatic hydroxyl groups is 1. The van der Waals surface area contributed by atoms with Gasteiger partial charge in [0, 0.05) is 0 Å². The molecule has 1 unspecified atom stereocenters. The van der Waals surface area contributed by atoms with Crippen LogP contribution in [0.5, 0.6) is 0 Å². The van der Waals surface area contributed by atoms with E-state index in [-0.39, 0.29) is 12.2 Å². The Balaban J connectivity index is 2.66. The van der Waals surface area contributed by atoms with Gasteiger partial charge in [0.15, 0.2) is 11.6 Å². The number of halogens is 2. The quantitative estimate of drug-likeness (QED) is 0.865. The second kappa shape index (κ2) is 4.89. The smallest absolute Gasteiger partial charge is 0.159 e. The Labute approximate surface area is 93.9 Å². The highest BCUT2D eigenvalue weighted by atomic mass is 19.2.